The van der Waals surface area contributed by atoms with Gasteiger partial charge in [0.05, 0.1) is 27.5 Å². The molecule has 1 aliphatic rings. The normalized spacial score (nSPS) is 12.5. The Balaban J connectivity index is 1.25. The highest BCUT2D eigenvalue weighted by molar-refractivity contribution is 6.32. The van der Waals surface area contributed by atoms with Crippen LogP contribution in [0, 0.1) is 0 Å². The minimum atomic E-state index is 0.904. The van der Waals surface area contributed by atoms with Crippen LogP contribution in [0.3, 0.4) is 0 Å². The number of nitrogens with zero attached hydrogens (tertiary/aromatic N) is 2. The van der Waals surface area contributed by atoms with Gasteiger partial charge in [-0.15, -0.1) is 0 Å². The largest absolute Gasteiger partial charge is 0.455 e. The predicted molar refractivity (Wildman–Crippen MR) is 222 cm³/mol. The van der Waals surface area contributed by atoms with E-state index in [2.05, 4.69) is 179 Å². The number of aromatic nitrogens is 2. The summed E-state index contributed by atoms with van der Waals surface area (Å²) in [5, 5.41) is 12.1. The minimum absolute atomic E-state index is 0.904. The Labute approximate surface area is 303 Å². The molecule has 3 nitrogen and oxygen atoms in total. The SMILES string of the molecule is c1ccc2c(c1)-c1cccc3cc(-n4c5ccc6c7ccccc7oc6c5c5c4ccc4c6ccccc6n(-c6ccc7ccccc7c6)c45)cc-2c13. The Morgan fingerprint density at radius 2 is 1.02 bits per heavy atom. The van der Waals surface area contributed by atoms with Gasteiger partial charge in [-0.25, -0.2) is 0 Å². The van der Waals surface area contributed by atoms with Gasteiger partial charge in [0.1, 0.15) is 11.2 Å². The average Bonchev–Trinajstić information content (AvgIpc) is 3.95. The quantitative estimate of drug-likeness (QED) is 0.179. The van der Waals surface area contributed by atoms with Crippen molar-refractivity contribution in [2.45, 2.75) is 0 Å². The monoisotopic (exact) mass is 672 g/mol. The van der Waals surface area contributed by atoms with E-state index in [0.29, 0.717) is 0 Å². The second kappa shape index (κ2) is 9.81. The van der Waals surface area contributed by atoms with Gasteiger partial charge in [-0.3, -0.25) is 0 Å². The van der Waals surface area contributed by atoms with Crippen LogP contribution in [-0.4, -0.2) is 9.13 Å². The molecule has 3 heteroatoms. The van der Waals surface area contributed by atoms with Gasteiger partial charge < -0.3 is 13.6 Å². The summed E-state index contributed by atoms with van der Waals surface area (Å²) in [6.07, 6.45) is 0. The maximum Gasteiger partial charge on any atom is 0.145 e. The Hall–Kier alpha value is -7.10. The molecule has 0 spiro atoms. The second-order valence-corrected chi connectivity index (χ2v) is 14.5. The van der Waals surface area contributed by atoms with E-state index in [-0.39, 0.29) is 0 Å². The van der Waals surface area contributed by atoms with Crippen molar-refractivity contribution in [2.24, 2.45) is 0 Å². The standard InChI is InChI=1S/C50H28N2O/c1-2-11-30-26-32(21-20-29(30)10-1)52-42-18-7-5-15-36(42)39-22-24-43-47(49(39)52)48-44(25-23-40-37-16-6-8-19-45(37)53-50(40)48)51(43)33-27-31-12-9-17-38-34-13-3-4-14-35(34)41(28-33)46(31)38/h1-28H. The molecule has 0 radical (unpaired) electrons. The molecule has 3 heterocycles. The van der Waals surface area contributed by atoms with Crippen LogP contribution in [0.4, 0.5) is 0 Å². The summed E-state index contributed by atoms with van der Waals surface area (Å²) in [5.41, 5.74) is 14.0. The van der Waals surface area contributed by atoms with Crippen LogP contribution in [0.5, 0.6) is 0 Å². The third-order valence-electron chi connectivity index (χ3n) is 11.8. The van der Waals surface area contributed by atoms with Crippen molar-refractivity contribution in [2.75, 3.05) is 0 Å². The molecular weight excluding hydrogens is 645 g/mol. The van der Waals surface area contributed by atoms with E-state index in [1.807, 2.05) is 0 Å². The highest BCUT2D eigenvalue weighted by atomic mass is 16.3. The number of hydrogen-bond acceptors (Lipinski definition) is 1. The summed E-state index contributed by atoms with van der Waals surface area (Å²) in [5.74, 6) is 0. The van der Waals surface area contributed by atoms with Crippen molar-refractivity contribution < 1.29 is 4.42 Å². The van der Waals surface area contributed by atoms with Crippen LogP contribution in [0.15, 0.2) is 174 Å². The molecule has 0 fully saturated rings. The first-order valence-electron chi connectivity index (χ1n) is 18.3. The molecule has 244 valence electrons. The Kier molecular flexibility index (Phi) is 5.11. The summed E-state index contributed by atoms with van der Waals surface area (Å²) < 4.78 is 11.9. The van der Waals surface area contributed by atoms with Gasteiger partial charge in [0.25, 0.3) is 0 Å². The van der Waals surface area contributed by atoms with Gasteiger partial charge in [-0.2, -0.15) is 0 Å². The molecule has 0 atom stereocenters. The summed E-state index contributed by atoms with van der Waals surface area (Å²) in [7, 11) is 0. The fourth-order valence-electron chi connectivity index (χ4n) is 9.61. The number of benzene rings is 9. The molecule has 9 aromatic carbocycles. The molecule has 0 unspecified atom stereocenters. The first-order valence-corrected chi connectivity index (χ1v) is 18.3. The molecular formula is C50H28N2O. The van der Waals surface area contributed by atoms with Gasteiger partial charge in [-0.1, -0.05) is 115 Å². The molecule has 0 N–H and O–H groups in total. The fraction of sp³-hybridized carbons (Fsp3) is 0. The smallest absolute Gasteiger partial charge is 0.145 e. The number of furan rings is 1. The summed E-state index contributed by atoms with van der Waals surface area (Å²) >= 11 is 0. The van der Waals surface area contributed by atoms with E-state index in [1.165, 1.54) is 71.0 Å². The summed E-state index contributed by atoms with van der Waals surface area (Å²) in [4.78, 5) is 0. The van der Waals surface area contributed by atoms with Gasteiger partial charge in [0.2, 0.25) is 0 Å². The van der Waals surface area contributed by atoms with Crippen LogP contribution in [0.1, 0.15) is 0 Å². The second-order valence-electron chi connectivity index (χ2n) is 14.5. The molecule has 0 aliphatic heterocycles. The van der Waals surface area contributed by atoms with Crippen molar-refractivity contribution in [3.63, 3.8) is 0 Å². The maximum absolute atomic E-state index is 6.90. The Morgan fingerprint density at radius 3 is 1.92 bits per heavy atom. The zero-order valence-electron chi connectivity index (χ0n) is 28.5. The van der Waals surface area contributed by atoms with E-state index in [1.54, 1.807) is 0 Å². The highest BCUT2D eigenvalue weighted by Gasteiger charge is 2.26. The number of para-hydroxylation sites is 2. The highest BCUT2D eigenvalue weighted by Crippen LogP contribution is 2.50. The maximum atomic E-state index is 6.90. The Bertz CT molecular complexity index is 3570. The molecule has 0 saturated heterocycles. The number of hydrogen-bond donors (Lipinski definition) is 0. The molecule has 3 aromatic heterocycles. The molecule has 0 amide bonds. The van der Waals surface area contributed by atoms with Gasteiger partial charge >= 0.3 is 0 Å². The van der Waals surface area contributed by atoms with E-state index < -0.39 is 0 Å². The van der Waals surface area contributed by atoms with Gasteiger partial charge in [0.15, 0.2) is 0 Å². The van der Waals surface area contributed by atoms with E-state index in [9.17, 15) is 0 Å². The number of rotatable bonds is 2. The van der Waals surface area contributed by atoms with Crippen molar-refractivity contribution in [1.29, 1.82) is 0 Å². The Morgan fingerprint density at radius 1 is 0.340 bits per heavy atom. The summed E-state index contributed by atoms with van der Waals surface area (Å²) in [6.45, 7) is 0. The lowest BCUT2D eigenvalue weighted by atomic mass is 10.0. The van der Waals surface area contributed by atoms with E-state index in [4.69, 9.17) is 4.42 Å². The zero-order valence-corrected chi connectivity index (χ0v) is 28.5. The molecule has 13 rings (SSSR count). The molecule has 0 saturated carbocycles. The number of fused-ring (bicyclic) bond motifs is 15. The molecule has 0 bridgehead atoms. The first-order chi connectivity index (χ1) is 26.3. The fourth-order valence-corrected chi connectivity index (χ4v) is 9.61. The van der Waals surface area contributed by atoms with Gasteiger partial charge in [0, 0.05) is 38.3 Å². The van der Waals surface area contributed by atoms with Crippen LogP contribution in [-0.2, 0) is 0 Å². The third kappa shape index (κ3) is 3.49. The van der Waals surface area contributed by atoms with Crippen molar-refractivity contribution in [3.8, 4) is 33.6 Å². The minimum Gasteiger partial charge on any atom is -0.455 e. The van der Waals surface area contributed by atoms with Crippen LogP contribution in [0.25, 0.3) is 121 Å². The average molecular weight is 673 g/mol. The lowest BCUT2D eigenvalue weighted by Gasteiger charge is -2.12. The van der Waals surface area contributed by atoms with Crippen molar-refractivity contribution in [1.82, 2.24) is 9.13 Å². The predicted octanol–water partition coefficient (Wildman–Crippen LogP) is 13.7. The molecule has 53 heavy (non-hydrogen) atoms. The molecule has 12 aromatic rings. The topological polar surface area (TPSA) is 23.0 Å². The van der Waals surface area contributed by atoms with Crippen LogP contribution < -0.4 is 0 Å². The van der Waals surface area contributed by atoms with Crippen molar-refractivity contribution >= 4 is 87.1 Å². The van der Waals surface area contributed by atoms with Gasteiger partial charge in [-0.05, 0) is 98.4 Å². The van der Waals surface area contributed by atoms with E-state index in [0.717, 1.165) is 49.7 Å². The lowest BCUT2D eigenvalue weighted by Crippen LogP contribution is -1.96. The van der Waals surface area contributed by atoms with E-state index >= 15 is 0 Å². The molecule has 1 aliphatic carbocycles. The van der Waals surface area contributed by atoms with Crippen LogP contribution >= 0.6 is 0 Å². The summed E-state index contributed by atoms with van der Waals surface area (Å²) in [6, 6.07) is 62.3. The van der Waals surface area contributed by atoms with Crippen LogP contribution in [0.2, 0.25) is 0 Å². The van der Waals surface area contributed by atoms with Crippen molar-refractivity contribution in [3.05, 3.63) is 170 Å². The third-order valence-corrected chi connectivity index (χ3v) is 11.8. The first kappa shape index (κ1) is 27.6. The zero-order chi connectivity index (χ0) is 34.4. The lowest BCUT2D eigenvalue weighted by molar-refractivity contribution is 0.673.